The smallest absolute Gasteiger partial charge is 0.225 e. The maximum Gasteiger partial charge on any atom is 0.225 e. The zero-order valence-corrected chi connectivity index (χ0v) is 16.6. The van der Waals surface area contributed by atoms with Crippen LogP contribution in [0, 0.1) is 5.92 Å². The first-order valence-electron chi connectivity index (χ1n) is 8.73. The van der Waals surface area contributed by atoms with Crippen molar-refractivity contribution >= 4 is 33.4 Å². The fourth-order valence-corrected chi connectivity index (χ4v) is 5.73. The minimum atomic E-state index is -3.05. The van der Waals surface area contributed by atoms with E-state index in [1.54, 1.807) is 16.7 Å². The first-order chi connectivity index (χ1) is 12.3. The van der Waals surface area contributed by atoms with E-state index in [9.17, 15) is 18.0 Å². The highest BCUT2D eigenvalue weighted by Gasteiger charge is 2.42. The van der Waals surface area contributed by atoms with E-state index in [1.165, 1.54) is 0 Å². The van der Waals surface area contributed by atoms with Crippen molar-refractivity contribution in [1.82, 2.24) is 10.2 Å². The Morgan fingerprint density at radius 2 is 2.00 bits per heavy atom. The molecule has 2 amide bonds. The second-order valence-electron chi connectivity index (χ2n) is 7.01. The van der Waals surface area contributed by atoms with Crippen LogP contribution in [0.4, 0.5) is 0 Å². The van der Waals surface area contributed by atoms with E-state index in [0.717, 1.165) is 10.5 Å². The molecule has 1 N–H and O–H groups in total. The molecule has 1 aromatic carbocycles. The number of amides is 2. The molecule has 26 heavy (non-hydrogen) atoms. The summed E-state index contributed by atoms with van der Waals surface area (Å²) in [6.07, 6.45) is 2.64. The van der Waals surface area contributed by atoms with Gasteiger partial charge in [-0.05, 0) is 37.3 Å². The van der Waals surface area contributed by atoms with Gasteiger partial charge in [-0.1, -0.05) is 12.1 Å². The van der Waals surface area contributed by atoms with Gasteiger partial charge in [0.2, 0.25) is 11.8 Å². The Morgan fingerprint density at radius 3 is 2.58 bits per heavy atom. The van der Waals surface area contributed by atoms with Crippen molar-refractivity contribution in [3.05, 3.63) is 29.8 Å². The van der Waals surface area contributed by atoms with Crippen LogP contribution < -0.4 is 5.32 Å². The summed E-state index contributed by atoms with van der Waals surface area (Å²) in [4.78, 5) is 27.6. The molecule has 6 nitrogen and oxygen atoms in total. The number of rotatable bonds is 5. The number of thioether (sulfide) groups is 1. The number of sulfone groups is 1. The average molecular weight is 397 g/mol. The molecule has 3 atom stereocenters. The Balaban J connectivity index is 1.59. The molecule has 0 spiro atoms. The third-order valence-electron chi connectivity index (χ3n) is 5.15. The third-order valence-corrected chi connectivity index (χ3v) is 7.65. The average Bonchev–Trinajstić information content (AvgIpc) is 3.17. The van der Waals surface area contributed by atoms with E-state index in [2.05, 4.69) is 5.32 Å². The Labute approximate surface area is 158 Å². The van der Waals surface area contributed by atoms with Crippen LogP contribution in [0.15, 0.2) is 29.2 Å². The van der Waals surface area contributed by atoms with Crippen LogP contribution in [0.2, 0.25) is 0 Å². The summed E-state index contributed by atoms with van der Waals surface area (Å²) in [5, 5.41) is 2.98. The number of carbonyl (C=O) groups excluding carboxylic acids is 2. The molecule has 142 valence electrons. The van der Waals surface area contributed by atoms with E-state index < -0.39 is 15.8 Å². The van der Waals surface area contributed by atoms with Gasteiger partial charge in [0.15, 0.2) is 9.84 Å². The van der Waals surface area contributed by atoms with Crippen molar-refractivity contribution in [2.75, 3.05) is 24.3 Å². The molecule has 0 bridgehead atoms. The molecule has 3 rings (SSSR count). The van der Waals surface area contributed by atoms with Gasteiger partial charge in [0, 0.05) is 23.9 Å². The van der Waals surface area contributed by atoms with E-state index in [1.807, 2.05) is 37.4 Å². The van der Waals surface area contributed by atoms with Crippen LogP contribution >= 0.6 is 11.8 Å². The molecule has 2 aliphatic rings. The van der Waals surface area contributed by atoms with Crippen LogP contribution in [-0.4, -0.2) is 55.5 Å². The fourth-order valence-electron chi connectivity index (χ4n) is 3.59. The van der Waals surface area contributed by atoms with Gasteiger partial charge in [0.1, 0.15) is 0 Å². The van der Waals surface area contributed by atoms with Gasteiger partial charge in [0.05, 0.1) is 23.5 Å². The summed E-state index contributed by atoms with van der Waals surface area (Å²) in [6, 6.07) is 7.60. The van der Waals surface area contributed by atoms with Crippen LogP contribution in [0.25, 0.3) is 0 Å². The van der Waals surface area contributed by atoms with Gasteiger partial charge in [-0.2, -0.15) is 0 Å². The quantitative estimate of drug-likeness (QED) is 0.765. The predicted molar refractivity (Wildman–Crippen MR) is 102 cm³/mol. The number of benzene rings is 1. The molecule has 8 heteroatoms. The Hall–Kier alpha value is -1.54. The largest absolute Gasteiger partial charge is 0.349 e. The molecule has 2 aliphatic heterocycles. The monoisotopic (exact) mass is 396 g/mol. The minimum Gasteiger partial charge on any atom is -0.349 e. The van der Waals surface area contributed by atoms with Crippen molar-refractivity contribution < 1.29 is 18.0 Å². The van der Waals surface area contributed by atoms with E-state index >= 15 is 0 Å². The summed E-state index contributed by atoms with van der Waals surface area (Å²) in [5.74, 6) is -0.543. The van der Waals surface area contributed by atoms with E-state index in [4.69, 9.17) is 0 Å². The number of carbonyl (C=O) groups is 2. The number of nitrogens with zero attached hydrogens (tertiary/aromatic N) is 1. The summed E-state index contributed by atoms with van der Waals surface area (Å²) >= 11 is 1.66. The van der Waals surface area contributed by atoms with Gasteiger partial charge in [-0.15, -0.1) is 11.8 Å². The second kappa shape index (κ2) is 7.60. The molecule has 2 heterocycles. The summed E-state index contributed by atoms with van der Waals surface area (Å²) in [6.45, 7) is 2.23. The maximum atomic E-state index is 12.6. The minimum absolute atomic E-state index is 0.0191. The zero-order chi connectivity index (χ0) is 18.9. The molecule has 0 aliphatic carbocycles. The fraction of sp³-hybridized carbons (Fsp3) is 0.556. The molecule has 0 unspecified atom stereocenters. The van der Waals surface area contributed by atoms with Crippen molar-refractivity contribution in [3.63, 3.8) is 0 Å². The van der Waals surface area contributed by atoms with Gasteiger partial charge in [0.25, 0.3) is 0 Å². The Kier molecular flexibility index (Phi) is 5.62. The molecule has 0 saturated carbocycles. The van der Waals surface area contributed by atoms with Crippen LogP contribution in [0.3, 0.4) is 0 Å². The van der Waals surface area contributed by atoms with Crippen LogP contribution in [-0.2, 0) is 19.4 Å². The summed E-state index contributed by atoms with van der Waals surface area (Å²) in [5.41, 5.74) is 1.01. The molecule has 2 saturated heterocycles. The third kappa shape index (κ3) is 4.23. The lowest BCUT2D eigenvalue weighted by Crippen LogP contribution is -2.39. The molecule has 1 aromatic rings. The normalized spacial score (nSPS) is 26.1. The topological polar surface area (TPSA) is 83.6 Å². The van der Waals surface area contributed by atoms with Gasteiger partial charge in [-0.3, -0.25) is 9.59 Å². The molecule has 0 aromatic heterocycles. The molecule has 0 radical (unpaired) electrons. The molecular weight excluding hydrogens is 372 g/mol. The first kappa shape index (κ1) is 19.2. The van der Waals surface area contributed by atoms with Crippen molar-refractivity contribution in [3.8, 4) is 0 Å². The number of hydrogen-bond donors (Lipinski definition) is 1. The highest BCUT2D eigenvalue weighted by atomic mass is 32.2. The van der Waals surface area contributed by atoms with Crippen molar-refractivity contribution in [2.24, 2.45) is 5.92 Å². The highest BCUT2D eigenvalue weighted by molar-refractivity contribution is 7.98. The highest BCUT2D eigenvalue weighted by Crippen LogP contribution is 2.27. The summed E-state index contributed by atoms with van der Waals surface area (Å²) < 4.78 is 23.3. The second-order valence-corrected chi connectivity index (χ2v) is 10.1. The number of likely N-dealkylation sites (tertiary alicyclic amines) is 1. The van der Waals surface area contributed by atoms with Gasteiger partial charge >= 0.3 is 0 Å². The number of hydrogen-bond acceptors (Lipinski definition) is 5. The van der Waals surface area contributed by atoms with Crippen LogP contribution in [0.5, 0.6) is 0 Å². The lowest BCUT2D eigenvalue weighted by molar-refractivity contribution is -0.130. The van der Waals surface area contributed by atoms with Gasteiger partial charge in [-0.25, -0.2) is 8.42 Å². The van der Waals surface area contributed by atoms with E-state index in [-0.39, 0.29) is 41.8 Å². The van der Waals surface area contributed by atoms with Crippen molar-refractivity contribution in [1.29, 1.82) is 0 Å². The summed E-state index contributed by atoms with van der Waals surface area (Å²) in [7, 11) is -3.05. The SMILES string of the molecule is CSc1ccc([C@H](C)NC(=O)[C@H]2CC(=O)N([C@@H]3CCS(=O)(=O)C3)C2)cc1. The predicted octanol–water partition coefficient (Wildman–Crippen LogP) is 1.62. The number of nitrogens with one attached hydrogen (secondary N) is 1. The maximum absolute atomic E-state index is 12.6. The van der Waals surface area contributed by atoms with E-state index in [0.29, 0.717) is 13.0 Å². The lowest BCUT2D eigenvalue weighted by atomic mass is 10.0. The Bertz CT molecular complexity index is 792. The zero-order valence-electron chi connectivity index (χ0n) is 15.0. The lowest BCUT2D eigenvalue weighted by Gasteiger charge is -2.23. The first-order valence-corrected chi connectivity index (χ1v) is 11.8. The van der Waals surface area contributed by atoms with Gasteiger partial charge < -0.3 is 10.2 Å². The molecular formula is C18H24N2O4S2. The Morgan fingerprint density at radius 1 is 1.31 bits per heavy atom. The molecule has 2 fully saturated rings. The van der Waals surface area contributed by atoms with Crippen molar-refractivity contribution in [2.45, 2.75) is 36.7 Å². The van der Waals surface area contributed by atoms with Crippen LogP contribution in [0.1, 0.15) is 31.4 Å². The standard InChI is InChI=1S/C18H24N2O4S2/c1-12(13-3-5-16(25-2)6-4-13)19-18(22)14-9-17(21)20(10-14)15-7-8-26(23,24)11-15/h3-6,12,14-15H,7-11H2,1-2H3,(H,19,22)/t12-,14-,15+/m0/s1.